The Balaban J connectivity index is 3.60. The van der Waals surface area contributed by atoms with Crippen molar-refractivity contribution in [1.82, 2.24) is 4.98 Å². The highest BCUT2D eigenvalue weighted by molar-refractivity contribution is 14.1. The second-order valence-electron chi connectivity index (χ2n) is 2.44. The molecule has 0 spiro atoms. The predicted octanol–water partition coefficient (Wildman–Crippen LogP) is 2.87. The molecule has 0 N–H and O–H groups in total. The monoisotopic (exact) mass is 342 g/mol. The van der Waals surface area contributed by atoms with Gasteiger partial charge in [0.05, 0.1) is 16.7 Å². The van der Waals surface area contributed by atoms with Gasteiger partial charge in [-0.15, -0.1) is 0 Å². The molecule has 0 bridgehead atoms. The average molecular weight is 342 g/mol. The quantitative estimate of drug-likeness (QED) is 0.472. The minimum Gasteiger partial charge on any atom is -0.275 e. The summed E-state index contributed by atoms with van der Waals surface area (Å²) in [5.41, 5.74) is -1.39. The van der Waals surface area contributed by atoms with Gasteiger partial charge in [0.1, 0.15) is 9.77 Å². The summed E-state index contributed by atoms with van der Waals surface area (Å²) in [6.45, 7) is 0. The first kappa shape index (κ1) is 12.3. The van der Waals surface area contributed by atoms with Crippen LogP contribution in [0.4, 0.5) is 8.78 Å². The van der Waals surface area contributed by atoms with E-state index in [4.69, 9.17) is 16.9 Å². The standard InChI is InChI=1S/C8H2ClF2IN2O/c9-6(15)5-4(7(10)11)3(1-13)2-14-8(5)12/h2,7H. The molecule has 0 fully saturated rings. The Hall–Kier alpha value is -0.810. The summed E-state index contributed by atoms with van der Waals surface area (Å²) >= 11 is 6.77. The number of carbonyl (C=O) groups excluding carboxylic acids is 1. The lowest BCUT2D eigenvalue weighted by Crippen LogP contribution is -2.06. The van der Waals surface area contributed by atoms with Gasteiger partial charge in [-0.05, 0) is 34.2 Å². The van der Waals surface area contributed by atoms with Gasteiger partial charge in [-0.2, -0.15) is 5.26 Å². The molecule has 0 amide bonds. The highest BCUT2D eigenvalue weighted by Crippen LogP contribution is 2.29. The number of alkyl halides is 2. The first-order chi connectivity index (χ1) is 6.99. The van der Waals surface area contributed by atoms with E-state index in [-0.39, 0.29) is 9.26 Å². The van der Waals surface area contributed by atoms with Crippen molar-refractivity contribution in [2.75, 3.05) is 0 Å². The number of pyridine rings is 1. The fourth-order valence-electron chi connectivity index (χ4n) is 1.00. The lowest BCUT2D eigenvalue weighted by atomic mass is 10.1. The SMILES string of the molecule is N#Cc1cnc(I)c(C(=O)Cl)c1C(F)F. The Kier molecular flexibility index (Phi) is 3.93. The van der Waals surface area contributed by atoms with Crippen LogP contribution in [0.5, 0.6) is 0 Å². The van der Waals surface area contributed by atoms with Crippen molar-refractivity contribution in [3.63, 3.8) is 0 Å². The van der Waals surface area contributed by atoms with Gasteiger partial charge in [-0.1, -0.05) is 0 Å². The third-order valence-electron chi connectivity index (χ3n) is 1.61. The zero-order valence-electron chi connectivity index (χ0n) is 6.97. The van der Waals surface area contributed by atoms with Gasteiger partial charge in [-0.25, -0.2) is 13.8 Å². The lowest BCUT2D eigenvalue weighted by molar-refractivity contribution is 0.106. The number of halogens is 4. The molecule has 3 nitrogen and oxygen atoms in total. The summed E-state index contributed by atoms with van der Waals surface area (Å²) in [5, 5.41) is 7.54. The van der Waals surface area contributed by atoms with Crippen LogP contribution in [0, 0.1) is 15.0 Å². The molecule has 1 rings (SSSR count). The third-order valence-corrected chi connectivity index (χ3v) is 2.61. The van der Waals surface area contributed by atoms with Crippen LogP contribution in [-0.2, 0) is 0 Å². The lowest BCUT2D eigenvalue weighted by Gasteiger charge is -2.07. The number of nitriles is 1. The molecule has 0 saturated heterocycles. The minimum absolute atomic E-state index is 0.0573. The molecule has 15 heavy (non-hydrogen) atoms. The molecule has 0 radical (unpaired) electrons. The van der Waals surface area contributed by atoms with Crippen LogP contribution in [0.25, 0.3) is 0 Å². The van der Waals surface area contributed by atoms with E-state index in [0.717, 1.165) is 6.20 Å². The molecule has 0 unspecified atom stereocenters. The first-order valence-electron chi connectivity index (χ1n) is 3.55. The summed E-state index contributed by atoms with van der Waals surface area (Å²) < 4.78 is 25.3. The van der Waals surface area contributed by atoms with Gasteiger partial charge in [0.25, 0.3) is 11.7 Å². The van der Waals surface area contributed by atoms with Gasteiger partial charge >= 0.3 is 0 Å². The minimum atomic E-state index is -2.94. The molecule has 0 aromatic carbocycles. The second-order valence-corrected chi connectivity index (χ2v) is 3.80. The Morgan fingerprint density at radius 3 is 2.67 bits per heavy atom. The van der Waals surface area contributed by atoms with E-state index in [1.807, 2.05) is 0 Å². The van der Waals surface area contributed by atoms with Crippen LogP contribution < -0.4 is 0 Å². The largest absolute Gasteiger partial charge is 0.275 e. The number of hydrogen-bond acceptors (Lipinski definition) is 3. The van der Waals surface area contributed by atoms with Gasteiger partial charge in [-0.3, -0.25) is 4.79 Å². The number of nitrogens with zero attached hydrogens (tertiary/aromatic N) is 2. The summed E-state index contributed by atoms with van der Waals surface area (Å²) in [7, 11) is 0. The molecule has 0 aliphatic heterocycles. The Bertz CT molecular complexity index is 459. The molecule has 1 heterocycles. The van der Waals surface area contributed by atoms with Crippen LogP contribution >= 0.6 is 34.2 Å². The smallest absolute Gasteiger partial charge is 0.266 e. The van der Waals surface area contributed by atoms with E-state index in [1.165, 1.54) is 0 Å². The maximum atomic E-state index is 12.6. The van der Waals surface area contributed by atoms with Crippen LogP contribution in [0.2, 0.25) is 0 Å². The van der Waals surface area contributed by atoms with Gasteiger partial charge < -0.3 is 0 Å². The number of carbonyl (C=O) groups is 1. The van der Waals surface area contributed by atoms with E-state index in [1.54, 1.807) is 28.7 Å². The molecule has 1 aromatic rings. The number of rotatable bonds is 2. The van der Waals surface area contributed by atoms with Crippen molar-refractivity contribution >= 4 is 39.4 Å². The second kappa shape index (κ2) is 4.81. The highest BCUT2D eigenvalue weighted by Gasteiger charge is 2.24. The van der Waals surface area contributed by atoms with Crippen LogP contribution in [-0.4, -0.2) is 10.2 Å². The molecular weight excluding hydrogens is 340 g/mol. The molecule has 0 atom stereocenters. The zero-order chi connectivity index (χ0) is 11.6. The van der Waals surface area contributed by atoms with E-state index in [2.05, 4.69) is 4.98 Å². The van der Waals surface area contributed by atoms with Gasteiger partial charge in [0, 0.05) is 6.20 Å². The van der Waals surface area contributed by atoms with E-state index in [0.29, 0.717) is 0 Å². The molecular formula is C8H2ClF2IN2O. The van der Waals surface area contributed by atoms with Crippen molar-refractivity contribution < 1.29 is 13.6 Å². The Labute approximate surface area is 102 Å². The molecule has 78 valence electrons. The van der Waals surface area contributed by atoms with Crippen molar-refractivity contribution in [2.24, 2.45) is 0 Å². The molecule has 0 aliphatic rings. The van der Waals surface area contributed by atoms with Crippen LogP contribution in [0.15, 0.2) is 6.20 Å². The predicted molar refractivity (Wildman–Crippen MR) is 56.8 cm³/mol. The maximum absolute atomic E-state index is 12.6. The van der Waals surface area contributed by atoms with E-state index < -0.39 is 22.8 Å². The van der Waals surface area contributed by atoms with Crippen molar-refractivity contribution in [2.45, 2.75) is 6.43 Å². The van der Waals surface area contributed by atoms with E-state index >= 15 is 0 Å². The first-order valence-corrected chi connectivity index (χ1v) is 5.01. The molecule has 0 aliphatic carbocycles. The Morgan fingerprint density at radius 1 is 1.67 bits per heavy atom. The zero-order valence-corrected chi connectivity index (χ0v) is 9.88. The fraction of sp³-hybridized carbons (Fsp3) is 0.125. The van der Waals surface area contributed by atoms with Crippen molar-refractivity contribution in [3.8, 4) is 6.07 Å². The number of aromatic nitrogens is 1. The third kappa shape index (κ3) is 2.41. The van der Waals surface area contributed by atoms with Crippen molar-refractivity contribution in [1.29, 1.82) is 5.26 Å². The van der Waals surface area contributed by atoms with Gasteiger partial charge in [0.2, 0.25) is 0 Å². The topological polar surface area (TPSA) is 53.8 Å². The molecule has 0 saturated carbocycles. The fourth-order valence-corrected chi connectivity index (χ4v) is 2.03. The average Bonchev–Trinajstić information content (AvgIpc) is 2.16. The normalized spacial score (nSPS) is 10.1. The van der Waals surface area contributed by atoms with Crippen LogP contribution in [0.1, 0.15) is 27.9 Å². The maximum Gasteiger partial charge on any atom is 0.266 e. The summed E-state index contributed by atoms with van der Waals surface area (Å²) in [4.78, 5) is 14.6. The number of hydrogen-bond donors (Lipinski definition) is 0. The highest BCUT2D eigenvalue weighted by atomic mass is 127. The van der Waals surface area contributed by atoms with Crippen LogP contribution in [0.3, 0.4) is 0 Å². The summed E-state index contributed by atoms with van der Waals surface area (Å²) in [6, 6.07) is 1.54. The molecule has 1 aromatic heterocycles. The van der Waals surface area contributed by atoms with Crippen molar-refractivity contribution in [3.05, 3.63) is 26.6 Å². The van der Waals surface area contributed by atoms with E-state index in [9.17, 15) is 13.6 Å². The Morgan fingerprint density at radius 2 is 2.27 bits per heavy atom. The summed E-state index contributed by atoms with van der Waals surface area (Å²) in [5.74, 6) is 0. The summed E-state index contributed by atoms with van der Waals surface area (Å²) in [6.07, 6.45) is -1.94. The molecule has 7 heteroatoms. The van der Waals surface area contributed by atoms with Gasteiger partial charge in [0.15, 0.2) is 0 Å².